The van der Waals surface area contributed by atoms with Crippen LogP contribution in [0.1, 0.15) is 33.4 Å². The molecule has 0 bridgehead atoms. The third kappa shape index (κ3) is 7.18. The summed E-state index contributed by atoms with van der Waals surface area (Å²) in [6.07, 6.45) is -23.0. The van der Waals surface area contributed by atoms with Gasteiger partial charge in [0.05, 0.1) is 22.3 Å². The van der Waals surface area contributed by atoms with Crippen molar-refractivity contribution in [1.29, 1.82) is 0 Å². The Balaban J connectivity index is 2.31. The number of hydrogen-bond acceptors (Lipinski definition) is 3. The van der Waals surface area contributed by atoms with Crippen LogP contribution in [0, 0.1) is 0 Å². The number of carbonyl (C=O) groups excluding carboxylic acids is 1. The molecular formula is C21H10F12O3. The van der Waals surface area contributed by atoms with Crippen molar-refractivity contribution in [3.05, 3.63) is 82.9 Å². The number of carbonyl (C=O) groups is 1. The van der Waals surface area contributed by atoms with Crippen molar-refractivity contribution in [2.24, 2.45) is 0 Å². The second-order valence-electron chi connectivity index (χ2n) is 6.89. The Kier molecular flexibility index (Phi) is 7.48. The van der Waals surface area contributed by atoms with Crippen molar-refractivity contribution < 1.29 is 67.0 Å². The highest BCUT2D eigenvalue weighted by Crippen LogP contribution is 2.39. The van der Waals surface area contributed by atoms with Gasteiger partial charge < -0.3 is 9.47 Å². The first kappa shape index (κ1) is 28.6. The van der Waals surface area contributed by atoms with E-state index in [2.05, 4.69) is 22.6 Å². The standard InChI is InChI=1S/C21H10F12O3/c1-9(11-3-13(18(22,23)24)7-14(4-11)19(25,26)27)35-17(34)36-10(2)12-5-15(20(28,29)30)8-16(6-12)21(31,32)33/h3-8H,1-2H2. The highest BCUT2D eigenvalue weighted by atomic mass is 19.4. The van der Waals surface area contributed by atoms with Gasteiger partial charge in [-0.15, -0.1) is 0 Å². The van der Waals surface area contributed by atoms with Crippen LogP contribution < -0.4 is 0 Å². The summed E-state index contributed by atoms with van der Waals surface area (Å²) in [6.45, 7) is 6.00. The van der Waals surface area contributed by atoms with E-state index in [0.717, 1.165) is 0 Å². The Morgan fingerprint density at radius 2 is 0.722 bits per heavy atom. The molecule has 0 unspecified atom stereocenters. The molecule has 2 rings (SSSR count). The molecule has 0 aliphatic carbocycles. The van der Waals surface area contributed by atoms with Gasteiger partial charge in [0, 0.05) is 11.1 Å². The molecule has 0 atom stereocenters. The molecule has 0 spiro atoms. The molecule has 0 radical (unpaired) electrons. The van der Waals surface area contributed by atoms with Gasteiger partial charge in [-0.2, -0.15) is 52.7 Å². The number of halogens is 12. The zero-order valence-electron chi connectivity index (χ0n) is 17.1. The summed E-state index contributed by atoms with van der Waals surface area (Å²) in [7, 11) is 0. The van der Waals surface area contributed by atoms with Crippen molar-refractivity contribution in [3.63, 3.8) is 0 Å². The lowest BCUT2D eigenvalue weighted by Gasteiger charge is -2.16. The Hall–Kier alpha value is -3.65. The number of hydrogen-bond donors (Lipinski definition) is 0. The van der Waals surface area contributed by atoms with Crippen molar-refractivity contribution in [2.45, 2.75) is 24.7 Å². The van der Waals surface area contributed by atoms with Crippen LogP contribution in [-0.2, 0) is 34.2 Å². The SMILES string of the molecule is C=C(OC(=O)OC(=C)c1cc(C(F)(F)F)cc(C(F)(F)F)c1)c1cc(C(F)(F)F)cc(C(F)(F)F)c1. The molecule has 0 aliphatic rings. The number of ether oxygens (including phenoxy) is 2. The van der Waals surface area contributed by atoms with E-state index in [-0.39, 0.29) is 36.4 Å². The van der Waals surface area contributed by atoms with E-state index in [1.165, 1.54) is 0 Å². The first-order chi connectivity index (χ1) is 16.1. The molecule has 0 heterocycles. The van der Waals surface area contributed by atoms with Gasteiger partial charge in [0.15, 0.2) is 0 Å². The largest absolute Gasteiger partial charge is 0.519 e. The van der Waals surface area contributed by atoms with Crippen LogP contribution in [0.2, 0.25) is 0 Å². The zero-order valence-corrected chi connectivity index (χ0v) is 17.1. The Labute approximate surface area is 193 Å². The van der Waals surface area contributed by atoms with Crippen molar-refractivity contribution in [3.8, 4) is 0 Å². The molecule has 0 fully saturated rings. The normalized spacial score (nSPS) is 12.8. The monoisotopic (exact) mass is 538 g/mol. The molecule has 3 nitrogen and oxygen atoms in total. The van der Waals surface area contributed by atoms with Crippen LogP contribution in [0.15, 0.2) is 49.6 Å². The number of rotatable bonds is 4. The van der Waals surface area contributed by atoms with Gasteiger partial charge in [-0.25, -0.2) is 4.79 Å². The van der Waals surface area contributed by atoms with Crippen LogP contribution in [-0.4, -0.2) is 6.16 Å². The molecule has 0 saturated carbocycles. The summed E-state index contributed by atoms with van der Waals surface area (Å²) in [6, 6.07) is 0.181. The molecule has 196 valence electrons. The zero-order chi connectivity index (χ0) is 27.9. The lowest BCUT2D eigenvalue weighted by Crippen LogP contribution is -2.13. The third-order valence-corrected chi connectivity index (χ3v) is 4.23. The minimum absolute atomic E-state index is 0.155. The molecule has 0 aromatic heterocycles. The smallest absolute Gasteiger partial charge is 0.395 e. The first-order valence-electron chi connectivity index (χ1n) is 8.96. The number of alkyl halides is 12. The van der Waals surface area contributed by atoms with E-state index >= 15 is 0 Å². The Bertz CT molecular complexity index is 1030. The van der Waals surface area contributed by atoms with Gasteiger partial charge in [0.2, 0.25) is 0 Å². The van der Waals surface area contributed by atoms with E-state index in [9.17, 15) is 57.5 Å². The summed E-state index contributed by atoms with van der Waals surface area (Å²) in [5.74, 6) is -2.21. The maximum atomic E-state index is 13.0. The molecule has 2 aromatic rings. The fourth-order valence-electron chi connectivity index (χ4n) is 2.57. The van der Waals surface area contributed by atoms with Crippen LogP contribution in [0.25, 0.3) is 11.5 Å². The second kappa shape index (κ2) is 9.43. The molecule has 36 heavy (non-hydrogen) atoms. The molecule has 15 heteroatoms. The maximum Gasteiger partial charge on any atom is 0.519 e. The lowest BCUT2D eigenvalue weighted by molar-refractivity contribution is -0.144. The van der Waals surface area contributed by atoms with Gasteiger partial charge in [-0.1, -0.05) is 13.2 Å². The van der Waals surface area contributed by atoms with Crippen LogP contribution in [0.3, 0.4) is 0 Å². The van der Waals surface area contributed by atoms with Gasteiger partial charge in [0.25, 0.3) is 0 Å². The molecule has 0 aliphatic heterocycles. The van der Waals surface area contributed by atoms with Gasteiger partial charge >= 0.3 is 30.9 Å². The minimum Gasteiger partial charge on any atom is -0.395 e. The van der Waals surface area contributed by atoms with Crippen molar-refractivity contribution in [2.75, 3.05) is 0 Å². The van der Waals surface area contributed by atoms with Gasteiger partial charge in [-0.3, -0.25) is 0 Å². The van der Waals surface area contributed by atoms with Crippen molar-refractivity contribution >= 4 is 17.7 Å². The topological polar surface area (TPSA) is 35.5 Å². The highest BCUT2D eigenvalue weighted by Gasteiger charge is 2.38. The van der Waals surface area contributed by atoms with Gasteiger partial charge in [0.1, 0.15) is 11.5 Å². The second-order valence-corrected chi connectivity index (χ2v) is 6.89. The summed E-state index contributed by atoms with van der Waals surface area (Å²) in [5.41, 5.74) is -9.06. The fraction of sp³-hybridized carbons (Fsp3) is 0.190. The summed E-state index contributed by atoms with van der Waals surface area (Å²) < 4.78 is 164. The average molecular weight is 538 g/mol. The van der Waals surface area contributed by atoms with Crippen molar-refractivity contribution in [1.82, 2.24) is 0 Å². The maximum absolute atomic E-state index is 13.0. The minimum atomic E-state index is -5.25. The van der Waals surface area contributed by atoms with E-state index in [4.69, 9.17) is 0 Å². The first-order valence-corrected chi connectivity index (χ1v) is 8.96. The molecule has 0 saturated heterocycles. The molecular weight excluding hydrogens is 528 g/mol. The Morgan fingerprint density at radius 1 is 0.500 bits per heavy atom. The van der Waals surface area contributed by atoms with Gasteiger partial charge in [-0.05, 0) is 36.4 Å². The summed E-state index contributed by atoms with van der Waals surface area (Å²) in [4.78, 5) is 11.9. The highest BCUT2D eigenvalue weighted by molar-refractivity contribution is 5.78. The number of benzene rings is 2. The predicted molar refractivity (Wildman–Crippen MR) is 98.5 cm³/mol. The predicted octanol–water partition coefficient (Wildman–Crippen LogP) is 8.56. The molecule has 0 N–H and O–H groups in total. The van der Waals surface area contributed by atoms with Crippen LogP contribution >= 0.6 is 0 Å². The summed E-state index contributed by atoms with van der Waals surface area (Å²) >= 11 is 0. The fourth-order valence-corrected chi connectivity index (χ4v) is 2.57. The van der Waals surface area contributed by atoms with E-state index in [1.807, 2.05) is 0 Å². The molecule has 2 aromatic carbocycles. The third-order valence-electron chi connectivity index (χ3n) is 4.23. The average Bonchev–Trinajstić information content (AvgIpc) is 2.70. The Morgan fingerprint density at radius 3 is 0.917 bits per heavy atom. The molecule has 0 amide bonds. The lowest BCUT2D eigenvalue weighted by atomic mass is 10.0. The van der Waals surface area contributed by atoms with E-state index in [1.54, 1.807) is 0 Å². The van der Waals surface area contributed by atoms with E-state index < -0.39 is 75.8 Å². The quantitative estimate of drug-likeness (QED) is 0.222. The van der Waals surface area contributed by atoms with Crippen LogP contribution in [0.4, 0.5) is 57.5 Å². The summed E-state index contributed by atoms with van der Waals surface area (Å²) in [5, 5.41) is 0. The van der Waals surface area contributed by atoms with E-state index in [0.29, 0.717) is 0 Å². The van der Waals surface area contributed by atoms with Crippen LogP contribution in [0.5, 0.6) is 0 Å².